The number of hydrogen-bond acceptors (Lipinski definition) is 2. The van der Waals surface area contributed by atoms with Gasteiger partial charge < -0.3 is 9.88 Å². The van der Waals surface area contributed by atoms with Crippen LogP contribution in [0.25, 0.3) is 0 Å². The van der Waals surface area contributed by atoms with Crippen molar-refractivity contribution in [3.05, 3.63) is 53.3 Å². The van der Waals surface area contributed by atoms with Gasteiger partial charge in [-0.2, -0.15) is 0 Å². The van der Waals surface area contributed by atoms with Crippen molar-refractivity contribution in [3.63, 3.8) is 0 Å². The molecule has 0 fully saturated rings. The Morgan fingerprint density at radius 1 is 1.19 bits per heavy atom. The molecule has 0 saturated carbocycles. The van der Waals surface area contributed by atoms with Gasteiger partial charge in [-0.15, -0.1) is 0 Å². The number of amides is 1. The van der Waals surface area contributed by atoms with Gasteiger partial charge in [0.1, 0.15) is 6.54 Å². The topological polar surface area (TPSA) is 51.1 Å². The molecule has 0 bridgehead atoms. The highest BCUT2D eigenvalue weighted by Gasteiger charge is 2.12. The molecule has 110 valence electrons. The second kappa shape index (κ2) is 6.59. The first kappa shape index (κ1) is 15.3. The molecular weight excluding hydrogens is 288 g/mol. The summed E-state index contributed by atoms with van der Waals surface area (Å²) in [6, 6.07) is 8.64. The quantitative estimate of drug-likeness (QED) is 0.858. The van der Waals surface area contributed by atoms with Crippen LogP contribution in [-0.4, -0.2) is 16.3 Å². The summed E-state index contributed by atoms with van der Waals surface area (Å²) >= 11 is 5.79. The number of rotatable bonds is 5. The van der Waals surface area contributed by atoms with Crippen LogP contribution >= 0.6 is 11.6 Å². The summed E-state index contributed by atoms with van der Waals surface area (Å²) in [4.78, 5) is 23.8. The summed E-state index contributed by atoms with van der Waals surface area (Å²) in [5.41, 5.74) is 1.32. The molecule has 0 atom stereocenters. The first-order valence-corrected chi connectivity index (χ1v) is 7.09. The third-order valence-corrected chi connectivity index (χ3v) is 3.27. The Labute approximate surface area is 128 Å². The summed E-state index contributed by atoms with van der Waals surface area (Å²) in [5.74, 6) is -0.132. The molecule has 0 radical (unpaired) electrons. The molecule has 2 rings (SSSR count). The Morgan fingerprint density at radius 3 is 2.48 bits per heavy atom. The minimum atomic E-state index is -0.156. The van der Waals surface area contributed by atoms with Crippen molar-refractivity contribution in [2.24, 2.45) is 5.92 Å². The van der Waals surface area contributed by atoms with Gasteiger partial charge in [0.25, 0.3) is 0 Å². The van der Waals surface area contributed by atoms with Gasteiger partial charge >= 0.3 is 0 Å². The van der Waals surface area contributed by atoms with Crippen LogP contribution in [-0.2, 0) is 11.3 Å². The van der Waals surface area contributed by atoms with Crippen LogP contribution in [0.1, 0.15) is 24.2 Å². The molecule has 1 aromatic carbocycles. The van der Waals surface area contributed by atoms with Crippen molar-refractivity contribution in [2.45, 2.75) is 20.4 Å². The fourth-order valence-corrected chi connectivity index (χ4v) is 2.04. The van der Waals surface area contributed by atoms with E-state index in [0.29, 0.717) is 16.3 Å². The first-order valence-electron chi connectivity index (χ1n) is 6.71. The van der Waals surface area contributed by atoms with Crippen LogP contribution in [0.3, 0.4) is 0 Å². The number of nitrogens with one attached hydrogen (secondary N) is 1. The molecule has 0 aliphatic carbocycles. The zero-order chi connectivity index (χ0) is 15.4. The molecule has 5 heteroatoms. The van der Waals surface area contributed by atoms with E-state index in [9.17, 15) is 9.59 Å². The van der Waals surface area contributed by atoms with Gasteiger partial charge in [-0.05, 0) is 30.3 Å². The summed E-state index contributed by atoms with van der Waals surface area (Å²) in [6.45, 7) is 3.87. The standard InChI is InChI=1S/C16H17ClN2O2/c1-11(2)16(21)12-7-8-19(9-12)10-15(20)18-14-5-3-13(17)4-6-14/h3-9,11H,10H2,1-2H3,(H,18,20). The van der Waals surface area contributed by atoms with E-state index in [2.05, 4.69) is 5.32 Å². The monoisotopic (exact) mass is 304 g/mol. The van der Waals surface area contributed by atoms with E-state index in [-0.39, 0.29) is 24.2 Å². The minimum absolute atomic E-state index is 0.0521. The SMILES string of the molecule is CC(C)C(=O)c1ccn(CC(=O)Nc2ccc(Cl)cc2)c1. The molecular formula is C16H17ClN2O2. The predicted molar refractivity (Wildman–Crippen MR) is 83.7 cm³/mol. The van der Waals surface area contributed by atoms with E-state index in [1.807, 2.05) is 13.8 Å². The number of aromatic nitrogens is 1. The number of carbonyl (C=O) groups excluding carboxylic acids is 2. The van der Waals surface area contributed by atoms with Crippen LogP contribution in [0.5, 0.6) is 0 Å². The molecule has 1 amide bonds. The minimum Gasteiger partial charge on any atom is -0.344 e. The molecule has 21 heavy (non-hydrogen) atoms. The summed E-state index contributed by atoms with van der Waals surface area (Å²) < 4.78 is 1.70. The van der Waals surface area contributed by atoms with E-state index < -0.39 is 0 Å². The molecule has 0 aliphatic heterocycles. The average molecular weight is 305 g/mol. The Kier molecular flexibility index (Phi) is 4.81. The van der Waals surface area contributed by atoms with E-state index >= 15 is 0 Å². The number of hydrogen-bond donors (Lipinski definition) is 1. The molecule has 0 aliphatic rings. The lowest BCUT2D eigenvalue weighted by molar-refractivity contribution is -0.116. The van der Waals surface area contributed by atoms with Crippen molar-refractivity contribution in [1.82, 2.24) is 4.57 Å². The fourth-order valence-electron chi connectivity index (χ4n) is 1.92. The molecule has 0 unspecified atom stereocenters. The number of Topliss-reactive ketones (excluding diaryl/α,β-unsaturated/α-hetero) is 1. The highest BCUT2D eigenvalue weighted by Crippen LogP contribution is 2.14. The van der Waals surface area contributed by atoms with E-state index in [1.165, 1.54) is 0 Å². The van der Waals surface area contributed by atoms with Gasteiger partial charge in [0.2, 0.25) is 5.91 Å². The van der Waals surface area contributed by atoms with Crippen molar-refractivity contribution in [3.8, 4) is 0 Å². The van der Waals surface area contributed by atoms with Gasteiger partial charge in [0.05, 0.1) is 0 Å². The fraction of sp³-hybridized carbons (Fsp3) is 0.250. The Hall–Kier alpha value is -2.07. The number of ketones is 1. The maximum absolute atomic E-state index is 11.9. The zero-order valence-corrected chi connectivity index (χ0v) is 12.7. The Morgan fingerprint density at radius 2 is 1.86 bits per heavy atom. The van der Waals surface area contributed by atoms with Gasteiger partial charge in [-0.1, -0.05) is 25.4 Å². The maximum atomic E-state index is 11.9. The van der Waals surface area contributed by atoms with E-state index in [0.717, 1.165) is 0 Å². The zero-order valence-electron chi connectivity index (χ0n) is 12.0. The highest BCUT2D eigenvalue weighted by molar-refractivity contribution is 6.30. The van der Waals surface area contributed by atoms with Crippen LogP contribution in [0, 0.1) is 5.92 Å². The van der Waals surface area contributed by atoms with Gasteiger partial charge in [-0.25, -0.2) is 0 Å². The summed E-state index contributed by atoms with van der Waals surface area (Å²) in [7, 11) is 0. The number of carbonyl (C=O) groups is 2. The molecule has 0 saturated heterocycles. The Balaban J connectivity index is 1.97. The van der Waals surface area contributed by atoms with Crippen molar-refractivity contribution in [2.75, 3.05) is 5.32 Å². The Bertz CT molecular complexity index is 645. The highest BCUT2D eigenvalue weighted by atomic mass is 35.5. The molecule has 1 N–H and O–H groups in total. The molecule has 1 heterocycles. The number of nitrogens with zero attached hydrogens (tertiary/aromatic N) is 1. The number of anilines is 1. The van der Waals surface area contributed by atoms with Crippen molar-refractivity contribution < 1.29 is 9.59 Å². The van der Waals surface area contributed by atoms with Crippen LogP contribution in [0.15, 0.2) is 42.7 Å². The normalized spacial score (nSPS) is 10.7. The molecule has 4 nitrogen and oxygen atoms in total. The van der Waals surface area contributed by atoms with Crippen molar-refractivity contribution >= 4 is 29.0 Å². The molecule has 0 spiro atoms. The van der Waals surface area contributed by atoms with E-state index in [4.69, 9.17) is 11.6 Å². The third-order valence-electron chi connectivity index (χ3n) is 3.01. The van der Waals surface area contributed by atoms with E-state index in [1.54, 1.807) is 47.3 Å². The average Bonchev–Trinajstić information content (AvgIpc) is 2.88. The third kappa shape index (κ3) is 4.20. The lowest BCUT2D eigenvalue weighted by Crippen LogP contribution is -2.18. The predicted octanol–water partition coefficient (Wildman–Crippen LogP) is 3.62. The smallest absolute Gasteiger partial charge is 0.244 e. The lowest BCUT2D eigenvalue weighted by Gasteiger charge is -2.06. The second-order valence-corrected chi connectivity index (χ2v) is 5.58. The second-order valence-electron chi connectivity index (χ2n) is 5.15. The summed E-state index contributed by atoms with van der Waals surface area (Å²) in [5, 5.41) is 3.40. The largest absolute Gasteiger partial charge is 0.344 e. The van der Waals surface area contributed by atoms with Gasteiger partial charge in [0, 0.05) is 34.6 Å². The van der Waals surface area contributed by atoms with Crippen LogP contribution < -0.4 is 5.32 Å². The van der Waals surface area contributed by atoms with Gasteiger partial charge in [0.15, 0.2) is 5.78 Å². The summed E-state index contributed by atoms with van der Waals surface area (Å²) in [6.07, 6.45) is 3.43. The number of halogens is 1. The molecule has 1 aromatic heterocycles. The van der Waals surface area contributed by atoms with Crippen molar-refractivity contribution in [1.29, 1.82) is 0 Å². The maximum Gasteiger partial charge on any atom is 0.244 e. The van der Waals surface area contributed by atoms with Crippen LogP contribution in [0.4, 0.5) is 5.69 Å². The van der Waals surface area contributed by atoms with Crippen LogP contribution in [0.2, 0.25) is 5.02 Å². The van der Waals surface area contributed by atoms with Gasteiger partial charge in [-0.3, -0.25) is 9.59 Å². The number of benzene rings is 1. The first-order chi connectivity index (χ1) is 9.95. The molecule has 2 aromatic rings. The lowest BCUT2D eigenvalue weighted by atomic mass is 10.0.